The van der Waals surface area contributed by atoms with E-state index in [1.165, 1.54) is 0 Å². The highest BCUT2D eigenvalue weighted by atomic mass is 79.9. The average Bonchev–Trinajstić information content (AvgIpc) is 2.18. The van der Waals surface area contributed by atoms with E-state index in [-0.39, 0.29) is 6.61 Å². The lowest BCUT2D eigenvalue weighted by Crippen LogP contribution is -1.81. The van der Waals surface area contributed by atoms with E-state index >= 15 is 0 Å². The summed E-state index contributed by atoms with van der Waals surface area (Å²) in [5, 5.41) is 12.9. The van der Waals surface area contributed by atoms with Crippen LogP contribution >= 0.6 is 15.9 Å². The van der Waals surface area contributed by atoms with Crippen LogP contribution in [0.15, 0.2) is 40.9 Å². The van der Waals surface area contributed by atoms with Gasteiger partial charge in [0.25, 0.3) is 0 Å². The van der Waals surface area contributed by atoms with E-state index in [0.29, 0.717) is 0 Å². The Labute approximate surface area is 85.1 Å². The van der Waals surface area contributed by atoms with Gasteiger partial charge in [0, 0.05) is 4.47 Å². The van der Waals surface area contributed by atoms with Gasteiger partial charge in [-0.25, -0.2) is 5.11 Å². The van der Waals surface area contributed by atoms with Crippen molar-refractivity contribution in [3.63, 3.8) is 0 Å². The predicted molar refractivity (Wildman–Crippen MR) is 56.0 cm³/mol. The van der Waals surface area contributed by atoms with E-state index in [1.54, 1.807) is 0 Å². The summed E-state index contributed by atoms with van der Waals surface area (Å²) in [5.41, 5.74) is 0.839. The summed E-state index contributed by atoms with van der Waals surface area (Å²) in [4.78, 5) is 0. The summed E-state index contributed by atoms with van der Waals surface area (Å²) in [7, 11) is 0. The fraction of sp³-hybridized carbons (Fsp3) is 0.0909. The second kappa shape index (κ2) is 3.48. The molecule has 0 heterocycles. The minimum absolute atomic E-state index is 0.150. The van der Waals surface area contributed by atoms with Crippen LogP contribution in [0.25, 0.3) is 10.8 Å². The van der Waals surface area contributed by atoms with Crippen molar-refractivity contribution in [3.05, 3.63) is 46.4 Å². The van der Waals surface area contributed by atoms with Crippen molar-refractivity contribution in [2.45, 2.75) is 6.61 Å². The molecule has 0 bridgehead atoms. The highest BCUT2D eigenvalue weighted by molar-refractivity contribution is 9.10. The van der Waals surface area contributed by atoms with Gasteiger partial charge in [-0.15, -0.1) is 0 Å². The van der Waals surface area contributed by atoms with Crippen LogP contribution < -0.4 is 0 Å². The molecule has 2 aromatic carbocycles. The molecule has 2 aromatic rings. The molecule has 0 N–H and O–H groups in total. The van der Waals surface area contributed by atoms with Gasteiger partial charge in [-0.1, -0.05) is 40.2 Å². The van der Waals surface area contributed by atoms with E-state index in [0.717, 1.165) is 20.8 Å². The second-order valence-corrected chi connectivity index (χ2v) is 3.79. The van der Waals surface area contributed by atoms with Crippen LogP contribution in [0.2, 0.25) is 0 Å². The quantitative estimate of drug-likeness (QED) is 0.721. The van der Waals surface area contributed by atoms with Gasteiger partial charge >= 0.3 is 0 Å². The van der Waals surface area contributed by atoms with Crippen LogP contribution in [0.3, 0.4) is 0 Å². The third kappa shape index (κ3) is 1.60. The van der Waals surface area contributed by atoms with Crippen LogP contribution in [-0.2, 0) is 11.7 Å². The highest BCUT2D eigenvalue weighted by Gasteiger charge is 1.98. The Hall–Kier alpha value is -0.860. The molecule has 1 radical (unpaired) electrons. The topological polar surface area (TPSA) is 19.9 Å². The lowest BCUT2D eigenvalue weighted by atomic mass is 10.1. The SMILES string of the molecule is [O]Cc1ccc2c(Br)cccc2c1. The minimum atomic E-state index is -0.150. The molecule has 0 aliphatic heterocycles. The van der Waals surface area contributed by atoms with Crippen molar-refractivity contribution < 1.29 is 5.11 Å². The maximum Gasteiger partial charge on any atom is 0.107 e. The molecule has 2 rings (SSSR count). The first-order chi connectivity index (χ1) is 6.31. The van der Waals surface area contributed by atoms with Crippen molar-refractivity contribution >= 4 is 26.7 Å². The van der Waals surface area contributed by atoms with Crippen molar-refractivity contribution in [2.24, 2.45) is 0 Å². The molecule has 13 heavy (non-hydrogen) atoms. The summed E-state index contributed by atoms with van der Waals surface area (Å²) in [6.45, 7) is -0.150. The molecule has 0 amide bonds. The Bertz CT molecular complexity index is 437. The summed E-state index contributed by atoms with van der Waals surface area (Å²) in [5.74, 6) is 0. The molecule has 0 saturated heterocycles. The van der Waals surface area contributed by atoms with E-state index < -0.39 is 0 Å². The van der Waals surface area contributed by atoms with Gasteiger partial charge in [-0.05, 0) is 28.5 Å². The maximum absolute atomic E-state index is 10.6. The lowest BCUT2D eigenvalue weighted by Gasteiger charge is -2.01. The van der Waals surface area contributed by atoms with Gasteiger partial charge in [0.1, 0.15) is 6.61 Å². The molecule has 0 atom stereocenters. The predicted octanol–water partition coefficient (Wildman–Crippen LogP) is 3.53. The summed E-state index contributed by atoms with van der Waals surface area (Å²) >= 11 is 3.47. The van der Waals surface area contributed by atoms with Crippen LogP contribution in [0.4, 0.5) is 0 Å². The van der Waals surface area contributed by atoms with Crippen molar-refractivity contribution in [1.29, 1.82) is 0 Å². The van der Waals surface area contributed by atoms with Crippen molar-refractivity contribution in [1.82, 2.24) is 0 Å². The average molecular weight is 236 g/mol. The van der Waals surface area contributed by atoms with Crippen molar-refractivity contribution in [2.75, 3.05) is 0 Å². The number of benzene rings is 2. The highest BCUT2D eigenvalue weighted by Crippen LogP contribution is 2.24. The van der Waals surface area contributed by atoms with Gasteiger partial charge < -0.3 is 0 Å². The Morgan fingerprint density at radius 1 is 1.15 bits per heavy atom. The monoisotopic (exact) mass is 235 g/mol. The largest absolute Gasteiger partial charge is 0.232 e. The molecule has 2 heteroatoms. The zero-order chi connectivity index (χ0) is 9.26. The second-order valence-electron chi connectivity index (χ2n) is 2.94. The normalized spacial score (nSPS) is 10.6. The molecule has 65 valence electrons. The molecule has 0 unspecified atom stereocenters. The molecular weight excluding hydrogens is 228 g/mol. The van der Waals surface area contributed by atoms with Crippen LogP contribution in [-0.4, -0.2) is 0 Å². The molecule has 0 aromatic heterocycles. The van der Waals surface area contributed by atoms with Gasteiger partial charge in [-0.3, -0.25) is 0 Å². The third-order valence-corrected chi connectivity index (χ3v) is 2.75. The van der Waals surface area contributed by atoms with Crippen LogP contribution in [0.5, 0.6) is 0 Å². The fourth-order valence-electron chi connectivity index (χ4n) is 1.38. The van der Waals surface area contributed by atoms with Gasteiger partial charge in [0.15, 0.2) is 0 Å². The third-order valence-electron chi connectivity index (χ3n) is 2.06. The molecule has 0 aliphatic rings. The van der Waals surface area contributed by atoms with Crippen LogP contribution in [0.1, 0.15) is 5.56 Å². The first-order valence-electron chi connectivity index (χ1n) is 4.06. The number of hydrogen-bond donors (Lipinski definition) is 0. The Kier molecular flexibility index (Phi) is 2.34. The van der Waals surface area contributed by atoms with Crippen molar-refractivity contribution in [3.8, 4) is 0 Å². The Morgan fingerprint density at radius 2 is 2.00 bits per heavy atom. The standard InChI is InChI=1S/C11H8BrO/c12-11-3-1-2-9-6-8(7-13)4-5-10(9)11/h1-6H,7H2. The van der Waals surface area contributed by atoms with Gasteiger partial charge in [-0.2, -0.15) is 0 Å². The zero-order valence-electron chi connectivity index (χ0n) is 6.96. The minimum Gasteiger partial charge on any atom is -0.232 e. The fourth-order valence-corrected chi connectivity index (χ4v) is 1.90. The first-order valence-corrected chi connectivity index (χ1v) is 4.86. The Morgan fingerprint density at radius 3 is 2.77 bits per heavy atom. The zero-order valence-corrected chi connectivity index (χ0v) is 8.54. The summed E-state index contributed by atoms with van der Waals surface area (Å²) < 4.78 is 1.07. The summed E-state index contributed by atoms with van der Waals surface area (Å²) in [6.07, 6.45) is 0. The van der Waals surface area contributed by atoms with Gasteiger partial charge in [0.05, 0.1) is 0 Å². The van der Waals surface area contributed by atoms with Gasteiger partial charge in [0.2, 0.25) is 0 Å². The van der Waals surface area contributed by atoms with E-state index in [9.17, 15) is 5.11 Å². The number of rotatable bonds is 1. The van der Waals surface area contributed by atoms with Crippen LogP contribution in [0, 0.1) is 0 Å². The molecule has 0 saturated carbocycles. The maximum atomic E-state index is 10.6. The van der Waals surface area contributed by atoms with E-state index in [1.807, 2.05) is 36.4 Å². The molecule has 0 aliphatic carbocycles. The number of halogens is 1. The molecular formula is C11H8BrO. The Balaban J connectivity index is 2.72. The first kappa shape index (κ1) is 8.73. The smallest absolute Gasteiger partial charge is 0.107 e. The lowest BCUT2D eigenvalue weighted by molar-refractivity contribution is 0.177. The number of hydrogen-bond acceptors (Lipinski definition) is 0. The molecule has 1 nitrogen and oxygen atoms in total. The summed E-state index contributed by atoms with van der Waals surface area (Å²) in [6, 6.07) is 11.8. The number of fused-ring (bicyclic) bond motifs is 1. The molecule has 0 spiro atoms. The molecule has 0 fully saturated rings. The van der Waals surface area contributed by atoms with E-state index in [4.69, 9.17) is 0 Å². The van der Waals surface area contributed by atoms with E-state index in [2.05, 4.69) is 15.9 Å².